The minimum atomic E-state index is -4.48. The van der Waals surface area contributed by atoms with Gasteiger partial charge in [0.2, 0.25) is 5.88 Å². The highest BCUT2D eigenvalue weighted by Crippen LogP contribution is 2.38. The van der Waals surface area contributed by atoms with Crippen molar-refractivity contribution >= 4 is 27.6 Å². The molecule has 1 atom stereocenters. The number of hydrogen-bond acceptors (Lipinski definition) is 9. The van der Waals surface area contributed by atoms with Gasteiger partial charge in [-0.05, 0) is 57.2 Å². The molecule has 2 N–H and O–H groups in total. The second-order valence-electron chi connectivity index (χ2n) is 13.2. The molecule has 3 aromatic heterocycles. The third kappa shape index (κ3) is 9.15. The fraction of sp³-hybridized carbons (Fsp3) is 0.457. The molecule has 0 saturated carbocycles. The van der Waals surface area contributed by atoms with Gasteiger partial charge in [-0.15, -0.1) is 5.10 Å². The van der Waals surface area contributed by atoms with Crippen molar-refractivity contribution in [3.8, 4) is 23.0 Å². The van der Waals surface area contributed by atoms with Gasteiger partial charge < -0.3 is 14.7 Å². The molecule has 4 heterocycles. The number of alkyl halides is 3. The minimum Gasteiger partial charge on any atom is -0.481 e. The van der Waals surface area contributed by atoms with Crippen LogP contribution in [0.25, 0.3) is 17.1 Å². The topological polar surface area (TPSA) is 152 Å². The highest BCUT2D eigenvalue weighted by atomic mass is 32.2. The van der Waals surface area contributed by atoms with Crippen molar-refractivity contribution in [3.05, 3.63) is 66.5 Å². The van der Waals surface area contributed by atoms with Crippen molar-refractivity contribution < 1.29 is 36.2 Å². The number of fused-ring (bicyclic) bond motifs is 6. The summed E-state index contributed by atoms with van der Waals surface area (Å²) in [6.07, 6.45) is 3.40. The minimum absolute atomic E-state index is 0.0481. The number of nitrogens with zero attached hydrogens (tertiary/aromatic N) is 6. The number of benzene rings is 1. The molecule has 0 radical (unpaired) electrons. The van der Waals surface area contributed by atoms with E-state index in [1.165, 1.54) is 29.2 Å². The monoisotopic (exact) mass is 729 g/mol. The fourth-order valence-electron chi connectivity index (χ4n) is 5.69. The Morgan fingerprint density at radius 3 is 2.55 bits per heavy atom. The quantitative estimate of drug-likeness (QED) is 0.186. The van der Waals surface area contributed by atoms with Crippen LogP contribution in [-0.4, -0.2) is 70.1 Å². The van der Waals surface area contributed by atoms with Gasteiger partial charge in [0.05, 0.1) is 17.5 Å². The number of aliphatic carboxylic acids is 1. The maximum absolute atomic E-state index is 13.7. The molecule has 1 aromatic carbocycles. The molecule has 0 spiro atoms. The molecule has 16 heteroatoms. The van der Waals surface area contributed by atoms with Gasteiger partial charge in [0.25, 0.3) is 10.0 Å². The molecule has 5 rings (SSSR count). The van der Waals surface area contributed by atoms with E-state index in [0.717, 1.165) is 45.1 Å². The van der Waals surface area contributed by atoms with E-state index in [9.17, 15) is 31.5 Å². The first kappa shape index (κ1) is 37.5. The van der Waals surface area contributed by atoms with Gasteiger partial charge in [0.1, 0.15) is 18.1 Å². The molecule has 4 bridgehead atoms. The number of anilines is 2. The molecule has 4 aromatic rings. The van der Waals surface area contributed by atoms with E-state index < -0.39 is 40.1 Å². The van der Waals surface area contributed by atoms with Gasteiger partial charge in [0.15, 0.2) is 16.7 Å². The Morgan fingerprint density at radius 1 is 1.04 bits per heavy atom. The number of ether oxygens (including phenoxy) is 1. The highest BCUT2D eigenvalue weighted by Gasteiger charge is 2.48. The average Bonchev–Trinajstić information content (AvgIpc) is 3.56. The van der Waals surface area contributed by atoms with E-state index in [0.29, 0.717) is 42.9 Å². The number of carboxylic acid groups (broad SMARTS) is 1. The third-order valence-corrected chi connectivity index (χ3v) is 10.0. The third-order valence-electron chi connectivity index (χ3n) is 8.75. The van der Waals surface area contributed by atoms with Gasteiger partial charge in [-0.1, -0.05) is 56.5 Å². The summed E-state index contributed by atoms with van der Waals surface area (Å²) in [6, 6.07) is 13.5. The Kier molecular flexibility index (Phi) is 11.5. The number of rotatable bonds is 9. The number of pyridine rings is 1. The summed E-state index contributed by atoms with van der Waals surface area (Å²) in [5, 5.41) is 13.9. The van der Waals surface area contributed by atoms with Crippen molar-refractivity contribution in [3.63, 3.8) is 0 Å². The summed E-state index contributed by atoms with van der Waals surface area (Å²) >= 11 is 0. The van der Waals surface area contributed by atoms with Crippen LogP contribution >= 0.6 is 0 Å². The first-order valence-corrected chi connectivity index (χ1v) is 18.4. The van der Waals surface area contributed by atoms with Gasteiger partial charge in [-0.25, -0.2) is 19.6 Å². The number of sulfonamides is 1. The number of aromatic nitrogens is 5. The summed E-state index contributed by atoms with van der Waals surface area (Å²) in [4.78, 5) is 27.5. The van der Waals surface area contributed by atoms with Crippen molar-refractivity contribution in [1.29, 1.82) is 0 Å². The molecule has 0 aliphatic carbocycles. The molecule has 1 aliphatic rings. The standard InChI is InChI=1S/C35H42F3N7O5S/c1-4-12-25(33(46)47)22-44-19-10-6-5-7-13-24-14-8-9-15-26(24)31-32(45-20-18-29(42-45)50-23-34(2,3)35(36,37)38)39-21-27(40-31)43-51(48,49)30-17-11-16-28(44)41-30/h8-9,11,14-18,20-21,25H,4-7,10,12-13,19,22-23H2,1-3H3,(H,40,43)(H,46,47). The maximum atomic E-state index is 13.7. The lowest BCUT2D eigenvalue weighted by Crippen LogP contribution is -2.37. The molecule has 0 saturated heterocycles. The Hall–Kier alpha value is -4.73. The summed E-state index contributed by atoms with van der Waals surface area (Å²) in [6.45, 7) is 4.05. The van der Waals surface area contributed by atoms with E-state index in [1.807, 2.05) is 36.1 Å². The molecular formula is C35H42F3N7O5S. The smallest absolute Gasteiger partial charge is 0.397 e. The van der Waals surface area contributed by atoms with Gasteiger partial charge >= 0.3 is 12.1 Å². The normalized spacial score (nSPS) is 16.0. The largest absolute Gasteiger partial charge is 0.481 e. The van der Waals surface area contributed by atoms with Crippen molar-refractivity contribution in [2.24, 2.45) is 11.3 Å². The van der Waals surface area contributed by atoms with Crippen molar-refractivity contribution in [2.75, 3.05) is 29.3 Å². The highest BCUT2D eigenvalue weighted by molar-refractivity contribution is 7.92. The second kappa shape index (κ2) is 15.7. The number of nitrogens with one attached hydrogen (secondary N) is 1. The maximum Gasteiger partial charge on any atom is 0.397 e. The zero-order valence-corrected chi connectivity index (χ0v) is 29.5. The predicted molar refractivity (Wildman–Crippen MR) is 185 cm³/mol. The molecular weight excluding hydrogens is 687 g/mol. The molecule has 1 unspecified atom stereocenters. The van der Waals surface area contributed by atoms with E-state index in [4.69, 9.17) is 4.74 Å². The van der Waals surface area contributed by atoms with E-state index in [1.54, 1.807) is 12.1 Å². The Morgan fingerprint density at radius 2 is 1.80 bits per heavy atom. The lowest BCUT2D eigenvalue weighted by molar-refractivity contribution is -0.219. The van der Waals surface area contributed by atoms with Crippen LogP contribution < -0.4 is 14.4 Å². The summed E-state index contributed by atoms with van der Waals surface area (Å²) < 4.78 is 76.9. The number of hydrogen-bond donors (Lipinski definition) is 2. The Balaban J connectivity index is 1.53. The molecule has 1 aliphatic heterocycles. The fourth-order valence-corrected chi connectivity index (χ4v) is 6.64. The SMILES string of the molecule is CCCC(CN1CCCCCCc2ccccc2-c2nc(cnc2-n2ccc(OCC(C)(C)C(F)(F)F)n2)NS(=O)(=O)c2cccc1n2)C(=O)O. The van der Waals surface area contributed by atoms with Crippen LogP contribution in [0.1, 0.15) is 64.9 Å². The van der Waals surface area contributed by atoms with Crippen LogP contribution in [0.2, 0.25) is 0 Å². The van der Waals surface area contributed by atoms with Crippen molar-refractivity contribution in [1.82, 2.24) is 24.7 Å². The Bertz CT molecular complexity index is 1930. The van der Waals surface area contributed by atoms with Gasteiger partial charge in [-0.2, -0.15) is 21.6 Å². The zero-order valence-electron chi connectivity index (χ0n) is 28.7. The summed E-state index contributed by atoms with van der Waals surface area (Å²) in [5.74, 6) is -1.13. The molecule has 274 valence electrons. The van der Waals surface area contributed by atoms with Crippen LogP contribution in [0, 0.1) is 11.3 Å². The number of halogens is 3. The van der Waals surface area contributed by atoms with E-state index >= 15 is 0 Å². The summed E-state index contributed by atoms with van der Waals surface area (Å²) in [7, 11) is -4.29. The number of aryl methyl sites for hydroxylation is 1. The second-order valence-corrected chi connectivity index (χ2v) is 14.9. The van der Waals surface area contributed by atoms with Crippen LogP contribution in [0.5, 0.6) is 5.88 Å². The average molecular weight is 730 g/mol. The van der Waals surface area contributed by atoms with Crippen LogP contribution in [0.4, 0.5) is 24.8 Å². The number of carbonyl (C=O) groups is 1. The van der Waals surface area contributed by atoms with E-state index in [-0.39, 0.29) is 29.1 Å². The van der Waals surface area contributed by atoms with Crippen LogP contribution in [0.3, 0.4) is 0 Å². The van der Waals surface area contributed by atoms with Gasteiger partial charge in [0, 0.05) is 30.9 Å². The molecule has 0 fully saturated rings. The van der Waals surface area contributed by atoms with E-state index in [2.05, 4.69) is 24.8 Å². The predicted octanol–water partition coefficient (Wildman–Crippen LogP) is 6.92. The molecule has 51 heavy (non-hydrogen) atoms. The van der Waals surface area contributed by atoms with Crippen LogP contribution in [-0.2, 0) is 21.2 Å². The first-order chi connectivity index (χ1) is 24.2. The zero-order chi connectivity index (χ0) is 36.8. The lowest BCUT2D eigenvalue weighted by atomic mass is 9.94. The lowest BCUT2D eigenvalue weighted by Gasteiger charge is -2.27. The summed E-state index contributed by atoms with van der Waals surface area (Å²) in [5.41, 5.74) is -0.194. The molecule has 12 nitrogen and oxygen atoms in total. The number of carboxylic acids is 1. The van der Waals surface area contributed by atoms with Crippen LogP contribution in [0.15, 0.2) is 66.0 Å². The first-order valence-electron chi connectivity index (χ1n) is 16.9. The van der Waals surface area contributed by atoms with Gasteiger partial charge in [-0.3, -0.25) is 9.52 Å². The van der Waals surface area contributed by atoms with Crippen molar-refractivity contribution in [2.45, 2.75) is 76.9 Å². The molecule has 0 amide bonds. The Labute approximate surface area is 295 Å².